The van der Waals surface area contributed by atoms with E-state index in [-0.39, 0.29) is 11.8 Å². The van der Waals surface area contributed by atoms with Crippen LogP contribution in [0.4, 0.5) is 5.69 Å². The fourth-order valence-electron chi connectivity index (χ4n) is 3.86. The molecule has 6 nitrogen and oxygen atoms in total. The molecule has 4 aromatic rings. The van der Waals surface area contributed by atoms with Crippen molar-refractivity contribution in [1.29, 1.82) is 0 Å². The predicted octanol–water partition coefficient (Wildman–Crippen LogP) is 6.42. The quantitative estimate of drug-likeness (QED) is 0.318. The van der Waals surface area contributed by atoms with Crippen LogP contribution in [0.5, 0.6) is 5.88 Å². The molecule has 0 saturated carbocycles. The number of amides is 1. The lowest BCUT2D eigenvalue weighted by Gasteiger charge is -2.11. The monoisotopic (exact) mass is 467 g/mol. The molecule has 0 fully saturated rings. The molecule has 0 bridgehead atoms. The van der Waals surface area contributed by atoms with E-state index in [0.717, 1.165) is 22.4 Å². The van der Waals surface area contributed by atoms with E-state index in [1.807, 2.05) is 99.6 Å². The number of anilines is 1. The summed E-state index contributed by atoms with van der Waals surface area (Å²) in [6, 6.07) is 25.2. The summed E-state index contributed by atoms with van der Waals surface area (Å²) in [6.07, 6.45) is 0.458. The Morgan fingerprint density at radius 3 is 2.17 bits per heavy atom. The van der Waals surface area contributed by atoms with E-state index in [4.69, 9.17) is 9.84 Å². The molecule has 0 aliphatic rings. The van der Waals surface area contributed by atoms with Gasteiger partial charge in [0.1, 0.15) is 5.69 Å². The normalized spacial score (nSPS) is 10.9. The van der Waals surface area contributed by atoms with Crippen LogP contribution in [0.3, 0.4) is 0 Å². The second-order valence-electron chi connectivity index (χ2n) is 8.96. The number of carbonyl (C=O) groups is 2. The summed E-state index contributed by atoms with van der Waals surface area (Å²) in [4.78, 5) is 24.3. The third kappa shape index (κ3) is 5.66. The van der Waals surface area contributed by atoms with Gasteiger partial charge in [0, 0.05) is 24.6 Å². The first-order valence-corrected chi connectivity index (χ1v) is 11.7. The van der Waals surface area contributed by atoms with Crippen molar-refractivity contribution in [3.8, 4) is 34.0 Å². The van der Waals surface area contributed by atoms with E-state index < -0.39 is 5.97 Å². The SMILES string of the molecule is CC(=O)Oc1c(-c2ccc(NC(=O)CC(C)C)cc2)c(-c2ccccc2)nn1-c1ccc(C)cc1. The van der Waals surface area contributed by atoms with Gasteiger partial charge in [-0.25, -0.2) is 0 Å². The van der Waals surface area contributed by atoms with E-state index in [2.05, 4.69) is 5.32 Å². The summed E-state index contributed by atoms with van der Waals surface area (Å²) in [6.45, 7) is 7.42. The molecule has 0 saturated heterocycles. The summed E-state index contributed by atoms with van der Waals surface area (Å²) in [5.74, 6) is 0.167. The van der Waals surface area contributed by atoms with Crippen molar-refractivity contribution in [2.45, 2.75) is 34.1 Å². The topological polar surface area (TPSA) is 73.2 Å². The molecular formula is C29H29N3O3. The number of ether oxygens (including phenoxy) is 1. The van der Waals surface area contributed by atoms with E-state index >= 15 is 0 Å². The number of nitrogens with zero attached hydrogens (tertiary/aromatic N) is 2. The highest BCUT2D eigenvalue weighted by molar-refractivity contribution is 5.92. The Balaban J connectivity index is 1.85. The zero-order chi connectivity index (χ0) is 24.9. The smallest absolute Gasteiger partial charge is 0.309 e. The van der Waals surface area contributed by atoms with Crippen LogP contribution in [0.1, 0.15) is 32.8 Å². The molecule has 0 aliphatic heterocycles. The van der Waals surface area contributed by atoms with E-state index in [9.17, 15) is 9.59 Å². The molecule has 178 valence electrons. The number of aromatic nitrogens is 2. The van der Waals surface area contributed by atoms with Gasteiger partial charge in [0.15, 0.2) is 0 Å². The lowest BCUT2D eigenvalue weighted by Crippen LogP contribution is -2.13. The summed E-state index contributed by atoms with van der Waals surface area (Å²) in [7, 11) is 0. The van der Waals surface area contributed by atoms with Gasteiger partial charge in [-0.05, 0) is 42.7 Å². The maximum atomic E-state index is 12.2. The Morgan fingerprint density at radius 1 is 0.914 bits per heavy atom. The van der Waals surface area contributed by atoms with Crippen LogP contribution in [0.25, 0.3) is 28.1 Å². The molecule has 0 spiro atoms. The summed E-state index contributed by atoms with van der Waals surface area (Å²) >= 11 is 0. The second-order valence-corrected chi connectivity index (χ2v) is 8.96. The Labute approximate surface area is 205 Å². The number of esters is 1. The minimum absolute atomic E-state index is 0.0227. The number of aryl methyl sites for hydroxylation is 1. The molecule has 6 heteroatoms. The average molecular weight is 468 g/mol. The second kappa shape index (κ2) is 10.4. The van der Waals surface area contributed by atoms with Crippen LogP contribution in [-0.2, 0) is 9.59 Å². The van der Waals surface area contributed by atoms with E-state index in [1.54, 1.807) is 4.68 Å². The fraction of sp³-hybridized carbons (Fsp3) is 0.207. The van der Waals surface area contributed by atoms with Crippen LogP contribution in [0.2, 0.25) is 0 Å². The first-order chi connectivity index (χ1) is 16.8. The summed E-state index contributed by atoms with van der Waals surface area (Å²) < 4.78 is 7.41. The standard InChI is InChI=1S/C29H29N3O3/c1-19(2)18-26(34)30-24-14-12-22(13-15-24)27-28(23-8-6-5-7-9-23)31-32(29(27)35-21(4)33)25-16-10-20(3)11-17-25/h5-17,19H,18H2,1-4H3,(H,30,34). The highest BCUT2D eigenvalue weighted by atomic mass is 16.5. The first kappa shape index (κ1) is 24.0. The largest absolute Gasteiger partial charge is 0.407 e. The highest BCUT2D eigenvalue weighted by Crippen LogP contribution is 2.41. The van der Waals surface area contributed by atoms with Crippen molar-refractivity contribution in [2.75, 3.05) is 5.32 Å². The number of hydrogen-bond acceptors (Lipinski definition) is 4. The van der Waals surface area contributed by atoms with Gasteiger partial charge in [0.25, 0.3) is 0 Å². The minimum atomic E-state index is -0.434. The molecule has 0 unspecified atom stereocenters. The molecule has 3 aromatic carbocycles. The van der Waals surface area contributed by atoms with Crippen LogP contribution >= 0.6 is 0 Å². The molecule has 1 amide bonds. The molecule has 4 rings (SSSR count). The molecule has 1 heterocycles. The van der Waals surface area contributed by atoms with Crippen LogP contribution < -0.4 is 10.1 Å². The Bertz CT molecular complexity index is 1320. The molecule has 0 radical (unpaired) electrons. The fourth-order valence-corrected chi connectivity index (χ4v) is 3.86. The molecule has 1 N–H and O–H groups in total. The molecule has 35 heavy (non-hydrogen) atoms. The van der Waals surface area contributed by atoms with E-state index in [1.165, 1.54) is 6.92 Å². The van der Waals surface area contributed by atoms with Gasteiger partial charge in [-0.1, -0.05) is 74.0 Å². The van der Waals surface area contributed by atoms with Gasteiger partial charge in [-0.15, -0.1) is 0 Å². The Morgan fingerprint density at radius 2 is 1.57 bits per heavy atom. The third-order valence-electron chi connectivity index (χ3n) is 5.46. The maximum absolute atomic E-state index is 12.2. The average Bonchev–Trinajstić information content (AvgIpc) is 3.18. The van der Waals surface area contributed by atoms with Crippen LogP contribution in [0, 0.1) is 12.8 Å². The zero-order valence-corrected chi connectivity index (χ0v) is 20.4. The maximum Gasteiger partial charge on any atom is 0.309 e. The highest BCUT2D eigenvalue weighted by Gasteiger charge is 2.24. The number of rotatable bonds is 7. The number of nitrogens with one attached hydrogen (secondary N) is 1. The van der Waals surface area contributed by atoms with Gasteiger partial charge in [-0.3, -0.25) is 9.59 Å². The zero-order valence-electron chi connectivity index (χ0n) is 20.4. The Hall–Kier alpha value is -4.19. The molecule has 0 atom stereocenters. The molecular weight excluding hydrogens is 438 g/mol. The first-order valence-electron chi connectivity index (χ1n) is 11.7. The summed E-state index contributed by atoms with van der Waals surface area (Å²) in [5.41, 5.74) is 5.73. The van der Waals surface area contributed by atoms with Gasteiger partial charge in [0.05, 0.1) is 11.3 Å². The van der Waals surface area contributed by atoms with Crippen molar-refractivity contribution in [1.82, 2.24) is 9.78 Å². The van der Waals surface area contributed by atoms with Crippen LogP contribution in [0.15, 0.2) is 78.9 Å². The van der Waals surface area contributed by atoms with Crippen molar-refractivity contribution in [3.05, 3.63) is 84.4 Å². The Kier molecular flexibility index (Phi) is 7.11. The summed E-state index contributed by atoms with van der Waals surface area (Å²) in [5, 5.41) is 7.82. The lowest BCUT2D eigenvalue weighted by atomic mass is 10.0. The van der Waals surface area contributed by atoms with Crippen LogP contribution in [-0.4, -0.2) is 21.7 Å². The number of hydrogen-bond donors (Lipinski definition) is 1. The van der Waals surface area contributed by atoms with Gasteiger partial charge >= 0.3 is 5.97 Å². The van der Waals surface area contributed by atoms with Gasteiger partial charge in [0.2, 0.25) is 11.8 Å². The number of benzene rings is 3. The van der Waals surface area contributed by atoms with Crippen molar-refractivity contribution < 1.29 is 14.3 Å². The number of carbonyl (C=O) groups excluding carboxylic acids is 2. The minimum Gasteiger partial charge on any atom is -0.407 e. The lowest BCUT2D eigenvalue weighted by molar-refractivity contribution is -0.132. The predicted molar refractivity (Wildman–Crippen MR) is 139 cm³/mol. The molecule has 1 aromatic heterocycles. The van der Waals surface area contributed by atoms with Gasteiger partial charge < -0.3 is 10.1 Å². The van der Waals surface area contributed by atoms with Gasteiger partial charge in [-0.2, -0.15) is 9.78 Å². The third-order valence-corrected chi connectivity index (χ3v) is 5.46. The van der Waals surface area contributed by atoms with Crippen molar-refractivity contribution in [2.24, 2.45) is 5.92 Å². The van der Waals surface area contributed by atoms with E-state index in [0.29, 0.717) is 29.2 Å². The van der Waals surface area contributed by atoms with Crippen molar-refractivity contribution >= 4 is 17.6 Å². The molecule has 0 aliphatic carbocycles. The van der Waals surface area contributed by atoms with Crippen molar-refractivity contribution in [3.63, 3.8) is 0 Å².